The Hall–Kier alpha value is -2.37. The van der Waals surface area contributed by atoms with E-state index in [2.05, 4.69) is 5.32 Å². The topological polar surface area (TPSA) is 58.6 Å². The molecule has 1 aliphatic heterocycles. The van der Waals surface area contributed by atoms with Gasteiger partial charge in [-0.2, -0.15) is 0 Å². The SMILES string of the molecule is COCC(=O)N1CCc2ccc(NC(=O)c3ccccc3Cl)cc21. The van der Waals surface area contributed by atoms with Crippen LogP contribution < -0.4 is 10.2 Å². The molecule has 24 heavy (non-hydrogen) atoms. The standard InChI is InChI=1S/C18H17ClN2O3/c1-24-11-17(22)21-9-8-12-6-7-13(10-16(12)21)20-18(23)14-4-2-3-5-15(14)19/h2-7,10H,8-9,11H2,1H3,(H,20,23). The second-order valence-corrected chi connectivity index (χ2v) is 5.91. The molecule has 124 valence electrons. The van der Waals surface area contributed by atoms with Gasteiger partial charge < -0.3 is 15.0 Å². The average Bonchev–Trinajstić information content (AvgIpc) is 2.98. The lowest BCUT2D eigenvalue weighted by Gasteiger charge is -2.17. The predicted octanol–water partition coefficient (Wildman–Crippen LogP) is 3.13. The van der Waals surface area contributed by atoms with Crippen molar-refractivity contribution in [3.63, 3.8) is 0 Å². The highest BCUT2D eigenvalue weighted by Gasteiger charge is 2.25. The second kappa shape index (κ2) is 7.03. The average molecular weight is 345 g/mol. The first-order valence-electron chi connectivity index (χ1n) is 7.58. The molecule has 2 aromatic rings. The van der Waals surface area contributed by atoms with E-state index < -0.39 is 0 Å². The highest BCUT2D eigenvalue weighted by Crippen LogP contribution is 2.31. The number of carbonyl (C=O) groups is 2. The number of carbonyl (C=O) groups excluding carboxylic acids is 2. The fraction of sp³-hybridized carbons (Fsp3) is 0.222. The molecule has 6 heteroatoms. The Morgan fingerprint density at radius 3 is 2.79 bits per heavy atom. The van der Waals surface area contributed by atoms with E-state index in [0.29, 0.717) is 22.8 Å². The van der Waals surface area contributed by atoms with Crippen molar-refractivity contribution >= 4 is 34.8 Å². The highest BCUT2D eigenvalue weighted by molar-refractivity contribution is 6.34. The second-order valence-electron chi connectivity index (χ2n) is 5.51. The van der Waals surface area contributed by atoms with Crippen LogP contribution in [0.1, 0.15) is 15.9 Å². The van der Waals surface area contributed by atoms with Gasteiger partial charge in [-0.3, -0.25) is 9.59 Å². The molecule has 5 nitrogen and oxygen atoms in total. The van der Waals surface area contributed by atoms with Gasteiger partial charge >= 0.3 is 0 Å². The summed E-state index contributed by atoms with van der Waals surface area (Å²) in [7, 11) is 1.50. The smallest absolute Gasteiger partial charge is 0.257 e. The lowest BCUT2D eigenvalue weighted by Crippen LogP contribution is -2.32. The number of ether oxygens (including phenoxy) is 1. The molecule has 0 aromatic heterocycles. The summed E-state index contributed by atoms with van der Waals surface area (Å²) in [5, 5.41) is 3.22. The van der Waals surface area contributed by atoms with Gasteiger partial charge in [0.1, 0.15) is 6.61 Å². The summed E-state index contributed by atoms with van der Waals surface area (Å²) in [6.45, 7) is 0.662. The lowest BCUT2D eigenvalue weighted by molar-refractivity contribution is -0.122. The van der Waals surface area contributed by atoms with Crippen molar-refractivity contribution in [1.29, 1.82) is 0 Å². The number of amides is 2. The van der Waals surface area contributed by atoms with E-state index in [1.807, 2.05) is 18.2 Å². The Labute approximate surface area is 145 Å². The maximum atomic E-state index is 12.4. The van der Waals surface area contributed by atoms with Crippen LogP contribution in [0.5, 0.6) is 0 Å². The minimum Gasteiger partial charge on any atom is -0.375 e. The monoisotopic (exact) mass is 344 g/mol. The number of anilines is 2. The molecule has 0 unspecified atom stereocenters. The Morgan fingerprint density at radius 2 is 2.04 bits per heavy atom. The third-order valence-electron chi connectivity index (χ3n) is 3.93. The molecule has 0 fully saturated rings. The molecular formula is C18H17ClN2O3. The van der Waals surface area contributed by atoms with Crippen LogP contribution in [-0.2, 0) is 16.0 Å². The summed E-state index contributed by atoms with van der Waals surface area (Å²) in [5.41, 5.74) is 2.92. The van der Waals surface area contributed by atoms with E-state index in [1.54, 1.807) is 29.2 Å². The first-order chi connectivity index (χ1) is 11.6. The molecule has 0 atom stereocenters. The van der Waals surface area contributed by atoms with Crippen molar-refractivity contribution in [2.24, 2.45) is 0 Å². The van der Waals surface area contributed by atoms with Crippen LogP contribution in [-0.4, -0.2) is 32.1 Å². The van der Waals surface area contributed by atoms with Crippen molar-refractivity contribution in [3.8, 4) is 0 Å². The van der Waals surface area contributed by atoms with E-state index in [-0.39, 0.29) is 18.4 Å². The van der Waals surface area contributed by atoms with Crippen molar-refractivity contribution < 1.29 is 14.3 Å². The third-order valence-corrected chi connectivity index (χ3v) is 4.26. The number of rotatable bonds is 4. The minimum absolute atomic E-state index is 0.0374. The highest BCUT2D eigenvalue weighted by atomic mass is 35.5. The molecule has 0 saturated carbocycles. The summed E-state index contributed by atoms with van der Waals surface area (Å²) in [5.74, 6) is -0.376. The number of fused-ring (bicyclic) bond motifs is 1. The zero-order chi connectivity index (χ0) is 17.1. The summed E-state index contributed by atoms with van der Waals surface area (Å²) < 4.78 is 4.92. The number of nitrogens with one attached hydrogen (secondary N) is 1. The zero-order valence-electron chi connectivity index (χ0n) is 13.2. The molecule has 2 aromatic carbocycles. The summed E-state index contributed by atoms with van der Waals surface area (Å²) in [6, 6.07) is 12.4. The van der Waals surface area contributed by atoms with Crippen molar-refractivity contribution in [2.45, 2.75) is 6.42 Å². The van der Waals surface area contributed by atoms with Gasteiger partial charge in [-0.25, -0.2) is 0 Å². The van der Waals surface area contributed by atoms with E-state index in [4.69, 9.17) is 16.3 Å². The van der Waals surface area contributed by atoms with Crippen LogP contribution in [0.3, 0.4) is 0 Å². The predicted molar refractivity (Wildman–Crippen MR) is 93.8 cm³/mol. The molecule has 0 radical (unpaired) electrons. The van der Waals surface area contributed by atoms with E-state index in [9.17, 15) is 9.59 Å². The minimum atomic E-state index is -0.284. The van der Waals surface area contributed by atoms with Crippen LogP contribution in [0.25, 0.3) is 0 Å². The Kier molecular flexibility index (Phi) is 4.83. The first-order valence-corrected chi connectivity index (χ1v) is 7.96. The van der Waals surface area contributed by atoms with Gasteiger partial charge in [-0.1, -0.05) is 29.8 Å². The molecule has 0 saturated heterocycles. The van der Waals surface area contributed by atoms with Crippen molar-refractivity contribution in [3.05, 3.63) is 58.6 Å². The maximum Gasteiger partial charge on any atom is 0.257 e. The summed E-state index contributed by atoms with van der Waals surface area (Å²) in [6.07, 6.45) is 0.795. The molecule has 0 bridgehead atoms. The summed E-state index contributed by atoms with van der Waals surface area (Å²) >= 11 is 6.05. The van der Waals surface area contributed by atoms with Gasteiger partial charge in [0.05, 0.1) is 10.6 Å². The molecule has 3 rings (SSSR count). The molecule has 1 aliphatic rings. The number of methoxy groups -OCH3 is 1. The van der Waals surface area contributed by atoms with E-state index in [0.717, 1.165) is 17.7 Å². The molecule has 0 aliphatic carbocycles. The van der Waals surface area contributed by atoms with Gasteiger partial charge in [-0.15, -0.1) is 0 Å². The molecule has 0 spiro atoms. The number of halogens is 1. The fourth-order valence-electron chi connectivity index (χ4n) is 2.76. The van der Waals surface area contributed by atoms with Crippen LogP contribution in [0.15, 0.2) is 42.5 Å². The lowest BCUT2D eigenvalue weighted by atomic mass is 10.1. The Balaban J connectivity index is 1.82. The zero-order valence-corrected chi connectivity index (χ0v) is 14.0. The number of hydrogen-bond acceptors (Lipinski definition) is 3. The fourth-order valence-corrected chi connectivity index (χ4v) is 2.98. The first kappa shape index (κ1) is 16.5. The van der Waals surface area contributed by atoms with Crippen molar-refractivity contribution in [1.82, 2.24) is 0 Å². The van der Waals surface area contributed by atoms with Gasteiger partial charge in [-0.05, 0) is 36.2 Å². The van der Waals surface area contributed by atoms with Crippen LogP contribution >= 0.6 is 11.6 Å². The molecule has 2 amide bonds. The van der Waals surface area contributed by atoms with Crippen LogP contribution in [0.4, 0.5) is 11.4 Å². The number of hydrogen-bond donors (Lipinski definition) is 1. The number of benzene rings is 2. The van der Waals surface area contributed by atoms with Gasteiger partial charge in [0.2, 0.25) is 0 Å². The van der Waals surface area contributed by atoms with Gasteiger partial charge in [0, 0.05) is 25.0 Å². The van der Waals surface area contributed by atoms with E-state index in [1.165, 1.54) is 7.11 Å². The molecular weight excluding hydrogens is 328 g/mol. The van der Waals surface area contributed by atoms with Crippen molar-refractivity contribution in [2.75, 3.05) is 30.5 Å². The normalized spacial score (nSPS) is 12.8. The largest absolute Gasteiger partial charge is 0.375 e. The van der Waals surface area contributed by atoms with Crippen LogP contribution in [0, 0.1) is 0 Å². The van der Waals surface area contributed by atoms with E-state index >= 15 is 0 Å². The van der Waals surface area contributed by atoms with Crippen LogP contribution in [0.2, 0.25) is 5.02 Å². The quantitative estimate of drug-likeness (QED) is 0.927. The number of nitrogens with zero attached hydrogens (tertiary/aromatic N) is 1. The van der Waals surface area contributed by atoms with Gasteiger partial charge in [0.15, 0.2) is 0 Å². The third kappa shape index (κ3) is 3.27. The Morgan fingerprint density at radius 1 is 1.25 bits per heavy atom. The molecule has 1 heterocycles. The molecule has 1 N–H and O–H groups in total. The van der Waals surface area contributed by atoms with Gasteiger partial charge in [0.25, 0.3) is 11.8 Å². The Bertz CT molecular complexity index is 792. The maximum absolute atomic E-state index is 12.4. The summed E-state index contributed by atoms with van der Waals surface area (Å²) in [4.78, 5) is 26.1.